The molecule has 1 aromatic carbocycles. The van der Waals surface area contributed by atoms with Crippen molar-refractivity contribution in [3.63, 3.8) is 0 Å². The Morgan fingerprint density at radius 2 is 1.75 bits per heavy atom. The molecule has 0 aliphatic heterocycles. The molecule has 0 bridgehead atoms. The third kappa shape index (κ3) is 8.25. The molecule has 0 heterocycles. The third-order valence-electron chi connectivity index (χ3n) is 2.35. The summed E-state index contributed by atoms with van der Waals surface area (Å²) in [5.74, 6) is 1.43. The maximum Gasteiger partial charge on any atom is 0.125 e. The normalized spacial score (nSPS) is 11.0. The van der Waals surface area contributed by atoms with E-state index in [1.54, 1.807) is 0 Å². The van der Waals surface area contributed by atoms with Gasteiger partial charge < -0.3 is 15.4 Å². The quantitative estimate of drug-likeness (QED) is 0.647. The molecule has 1 rings (SSSR count). The van der Waals surface area contributed by atoms with Crippen LogP contribution in [0.4, 0.5) is 0 Å². The highest BCUT2D eigenvalue weighted by Crippen LogP contribution is 2.13. The zero-order valence-corrected chi connectivity index (χ0v) is 14.1. The lowest BCUT2D eigenvalue weighted by atomic mass is 10.2. The van der Waals surface area contributed by atoms with Crippen LogP contribution in [-0.2, 0) is 0 Å². The number of amidine groups is 1. The minimum Gasteiger partial charge on any atom is -0.491 e. The summed E-state index contributed by atoms with van der Waals surface area (Å²) in [5.41, 5.74) is 6.86. The lowest BCUT2D eigenvalue weighted by Gasteiger charge is -2.10. The average molecular weight is 322 g/mol. The molecule has 0 fully saturated rings. The van der Waals surface area contributed by atoms with E-state index in [0.717, 1.165) is 17.9 Å². The molecule has 0 aliphatic rings. The lowest BCUT2D eigenvalue weighted by molar-refractivity contribution is 0.242. The maximum absolute atomic E-state index is 5.92. The molecule has 2 N–H and O–H groups in total. The summed E-state index contributed by atoms with van der Waals surface area (Å²) in [6.07, 6.45) is 0.182. The van der Waals surface area contributed by atoms with Crippen molar-refractivity contribution in [3.8, 4) is 5.75 Å². The number of benzene rings is 1. The number of likely N-dealkylation sites (N-methyl/N-ethyl adjacent to an activating group) is 1. The minimum absolute atomic E-state index is 0. The molecule has 0 amide bonds. The van der Waals surface area contributed by atoms with Crippen molar-refractivity contribution in [2.45, 2.75) is 20.0 Å². The molecule has 1 aromatic rings. The van der Waals surface area contributed by atoms with Crippen molar-refractivity contribution in [3.05, 3.63) is 29.8 Å². The van der Waals surface area contributed by atoms with Crippen LogP contribution < -0.4 is 10.5 Å². The maximum atomic E-state index is 5.92. The van der Waals surface area contributed by atoms with E-state index in [1.807, 2.05) is 52.2 Å². The van der Waals surface area contributed by atoms with E-state index in [1.165, 1.54) is 0 Å². The molecule has 0 spiro atoms. The number of ether oxygens (including phenoxy) is 1. The van der Waals surface area contributed by atoms with Crippen LogP contribution in [0.3, 0.4) is 0 Å². The van der Waals surface area contributed by atoms with Gasteiger partial charge in [0.05, 0.1) is 12.6 Å². The van der Waals surface area contributed by atoms with Gasteiger partial charge >= 0.3 is 0 Å². The van der Waals surface area contributed by atoms with Gasteiger partial charge in [-0.3, -0.25) is 4.99 Å². The van der Waals surface area contributed by atoms with E-state index < -0.39 is 0 Å². The molecule has 0 saturated heterocycles. The Bertz CT molecular complexity index is 392. The van der Waals surface area contributed by atoms with Crippen LogP contribution in [0.5, 0.6) is 5.75 Å². The van der Waals surface area contributed by atoms with Crippen molar-refractivity contribution in [1.82, 2.24) is 4.90 Å². The number of nitrogens with two attached hydrogens (primary N) is 1. The molecule has 0 saturated carbocycles. The first kappa shape index (κ1) is 21.3. The van der Waals surface area contributed by atoms with Crippen LogP contribution in [0.1, 0.15) is 19.4 Å². The predicted octanol–water partition coefficient (Wildman–Crippen LogP) is 2.58. The van der Waals surface area contributed by atoms with Crippen LogP contribution in [0.25, 0.3) is 0 Å². The second-order valence-electron chi connectivity index (χ2n) is 4.76. The monoisotopic (exact) mass is 321 g/mol. The Morgan fingerprint density at radius 1 is 1.20 bits per heavy atom. The van der Waals surface area contributed by atoms with Gasteiger partial charge in [0.1, 0.15) is 11.6 Å². The third-order valence-corrected chi connectivity index (χ3v) is 2.35. The van der Waals surface area contributed by atoms with Crippen molar-refractivity contribution in [2.24, 2.45) is 10.7 Å². The van der Waals surface area contributed by atoms with Crippen molar-refractivity contribution in [2.75, 3.05) is 27.2 Å². The molecule has 0 radical (unpaired) electrons. The Kier molecular flexibility index (Phi) is 11.5. The number of nitrogens with zero attached hydrogens (tertiary/aromatic N) is 2. The highest BCUT2D eigenvalue weighted by molar-refractivity contribution is 5.97. The van der Waals surface area contributed by atoms with E-state index in [2.05, 4.69) is 9.89 Å². The summed E-state index contributed by atoms with van der Waals surface area (Å²) in [5, 5.41) is 0. The number of halogens is 2. The predicted molar refractivity (Wildman–Crippen MR) is 90.8 cm³/mol. The Labute approximate surface area is 134 Å². The molecule has 0 aliphatic carbocycles. The first-order chi connectivity index (χ1) is 8.49. The summed E-state index contributed by atoms with van der Waals surface area (Å²) in [4.78, 5) is 6.42. The van der Waals surface area contributed by atoms with Gasteiger partial charge in [0.15, 0.2) is 0 Å². The SMILES string of the molecule is CC(C)Oc1ccc(C(N)=NCCN(C)C)cc1.Cl.Cl. The number of rotatable bonds is 6. The molecule has 4 nitrogen and oxygen atoms in total. The second kappa shape index (κ2) is 10.8. The average Bonchev–Trinajstić information content (AvgIpc) is 2.28. The minimum atomic E-state index is 0. The van der Waals surface area contributed by atoms with Gasteiger partial charge in [-0.25, -0.2) is 0 Å². The van der Waals surface area contributed by atoms with Gasteiger partial charge in [0.2, 0.25) is 0 Å². The molecule has 0 aromatic heterocycles. The fourth-order valence-corrected chi connectivity index (χ4v) is 1.44. The summed E-state index contributed by atoms with van der Waals surface area (Å²) in [7, 11) is 4.04. The van der Waals surface area contributed by atoms with Crippen molar-refractivity contribution < 1.29 is 4.74 Å². The van der Waals surface area contributed by atoms with Crippen LogP contribution in [0, 0.1) is 0 Å². The highest BCUT2D eigenvalue weighted by atomic mass is 35.5. The molecular weight excluding hydrogens is 297 g/mol. The van der Waals surface area contributed by atoms with Crippen LogP contribution in [-0.4, -0.2) is 44.0 Å². The van der Waals surface area contributed by atoms with Crippen LogP contribution in [0.15, 0.2) is 29.3 Å². The molecule has 6 heteroatoms. The van der Waals surface area contributed by atoms with Gasteiger partial charge in [0.25, 0.3) is 0 Å². The van der Waals surface area contributed by atoms with E-state index in [0.29, 0.717) is 12.4 Å². The first-order valence-corrected chi connectivity index (χ1v) is 6.21. The largest absolute Gasteiger partial charge is 0.491 e. The Hall–Kier alpha value is -0.970. The smallest absolute Gasteiger partial charge is 0.125 e. The van der Waals surface area contributed by atoms with E-state index in [-0.39, 0.29) is 30.9 Å². The fourth-order valence-electron chi connectivity index (χ4n) is 1.44. The lowest BCUT2D eigenvalue weighted by Crippen LogP contribution is -2.19. The molecule has 0 atom stereocenters. The Balaban J connectivity index is 0. The molecule has 20 heavy (non-hydrogen) atoms. The molecular formula is C14H25Cl2N3O. The van der Waals surface area contributed by atoms with Gasteiger partial charge in [-0.05, 0) is 52.2 Å². The summed E-state index contributed by atoms with van der Waals surface area (Å²) in [6, 6.07) is 7.71. The molecule has 116 valence electrons. The zero-order chi connectivity index (χ0) is 13.5. The van der Waals surface area contributed by atoms with E-state index in [9.17, 15) is 0 Å². The van der Waals surface area contributed by atoms with Crippen LogP contribution in [0.2, 0.25) is 0 Å². The van der Waals surface area contributed by atoms with Crippen molar-refractivity contribution >= 4 is 30.6 Å². The van der Waals surface area contributed by atoms with E-state index >= 15 is 0 Å². The zero-order valence-electron chi connectivity index (χ0n) is 12.5. The fraction of sp³-hybridized carbons (Fsp3) is 0.500. The summed E-state index contributed by atoms with van der Waals surface area (Å²) in [6.45, 7) is 5.62. The number of aliphatic imine (C=N–C) groups is 1. The van der Waals surface area contributed by atoms with E-state index in [4.69, 9.17) is 10.5 Å². The van der Waals surface area contributed by atoms with Gasteiger partial charge in [0, 0.05) is 12.1 Å². The first-order valence-electron chi connectivity index (χ1n) is 6.21. The van der Waals surface area contributed by atoms with Gasteiger partial charge in [-0.2, -0.15) is 0 Å². The Morgan fingerprint density at radius 3 is 2.20 bits per heavy atom. The molecule has 0 unspecified atom stereocenters. The second-order valence-corrected chi connectivity index (χ2v) is 4.76. The summed E-state index contributed by atoms with van der Waals surface area (Å²) >= 11 is 0. The van der Waals surface area contributed by atoms with Crippen molar-refractivity contribution in [1.29, 1.82) is 0 Å². The van der Waals surface area contributed by atoms with Gasteiger partial charge in [-0.15, -0.1) is 24.8 Å². The standard InChI is InChI=1S/C14H23N3O.2ClH/c1-11(2)18-13-7-5-12(6-8-13)14(15)16-9-10-17(3)4;;/h5-8,11H,9-10H2,1-4H3,(H2,15,16);2*1H. The topological polar surface area (TPSA) is 50.9 Å². The highest BCUT2D eigenvalue weighted by Gasteiger charge is 2.01. The summed E-state index contributed by atoms with van der Waals surface area (Å²) < 4.78 is 5.57. The van der Waals surface area contributed by atoms with Gasteiger partial charge in [-0.1, -0.05) is 0 Å². The number of hydrogen-bond acceptors (Lipinski definition) is 3. The number of hydrogen-bond donors (Lipinski definition) is 1. The van der Waals surface area contributed by atoms with Crippen LogP contribution >= 0.6 is 24.8 Å².